The molecule has 4 nitrogen and oxygen atoms in total. The maximum absolute atomic E-state index is 12.8. The van der Waals surface area contributed by atoms with Crippen molar-refractivity contribution in [3.8, 4) is 5.75 Å². The highest BCUT2D eigenvalue weighted by Crippen LogP contribution is 2.36. The lowest BCUT2D eigenvalue weighted by Crippen LogP contribution is -2.48. The minimum atomic E-state index is -0.683. The average Bonchev–Trinajstić information content (AvgIpc) is 2.54. The summed E-state index contributed by atoms with van der Waals surface area (Å²) in [6.45, 7) is 5.32. The fourth-order valence-corrected chi connectivity index (χ4v) is 3.38. The molecule has 5 heteroatoms. The number of carbonyl (C=O) groups excluding carboxylic acids is 1. The minimum absolute atomic E-state index is 0.0278. The largest absolute Gasteiger partial charge is 0.493 e. The molecule has 1 N–H and O–H groups in total. The maximum Gasteiger partial charge on any atom is 0.256 e. The van der Waals surface area contributed by atoms with E-state index in [4.69, 9.17) is 9.47 Å². The molecule has 0 radical (unpaired) electrons. The van der Waals surface area contributed by atoms with Crippen molar-refractivity contribution in [2.75, 3.05) is 23.9 Å². The first-order chi connectivity index (χ1) is 11.1. The summed E-state index contributed by atoms with van der Waals surface area (Å²) in [4.78, 5) is 12.8. The summed E-state index contributed by atoms with van der Waals surface area (Å²) in [5, 5.41) is 3.80. The average molecular weight is 384 g/mol. The van der Waals surface area contributed by atoms with Crippen LogP contribution < -0.4 is 10.1 Å². The van der Waals surface area contributed by atoms with Crippen molar-refractivity contribution in [1.29, 1.82) is 0 Å². The zero-order valence-corrected chi connectivity index (χ0v) is 15.5. The molecule has 0 heterocycles. The Labute approximate surface area is 147 Å². The molecule has 128 valence electrons. The van der Waals surface area contributed by atoms with Gasteiger partial charge in [0.2, 0.25) is 0 Å². The highest BCUT2D eigenvalue weighted by Gasteiger charge is 2.42. The summed E-state index contributed by atoms with van der Waals surface area (Å²) < 4.78 is 11.4. The molecule has 1 aliphatic carbocycles. The van der Waals surface area contributed by atoms with Gasteiger partial charge in [0.25, 0.3) is 5.91 Å². The molecule has 2 atom stereocenters. The Morgan fingerprint density at radius 1 is 1.39 bits per heavy atom. The summed E-state index contributed by atoms with van der Waals surface area (Å²) in [7, 11) is 0. The van der Waals surface area contributed by atoms with Crippen LogP contribution in [0.5, 0.6) is 5.75 Å². The second-order valence-corrected chi connectivity index (χ2v) is 6.94. The van der Waals surface area contributed by atoms with Crippen LogP contribution in [-0.2, 0) is 9.53 Å². The van der Waals surface area contributed by atoms with Crippen LogP contribution in [0, 0.1) is 5.92 Å². The highest BCUT2D eigenvalue weighted by atomic mass is 79.9. The van der Waals surface area contributed by atoms with Gasteiger partial charge in [0.15, 0.2) is 0 Å². The van der Waals surface area contributed by atoms with Crippen molar-refractivity contribution in [2.24, 2.45) is 5.92 Å². The summed E-state index contributed by atoms with van der Waals surface area (Å²) in [5.41, 5.74) is 0.0934. The lowest BCUT2D eigenvalue weighted by Gasteiger charge is -2.38. The molecular formula is C18H26BrNO3. The van der Waals surface area contributed by atoms with Gasteiger partial charge in [0.1, 0.15) is 11.4 Å². The molecule has 1 saturated carbocycles. The predicted octanol–water partition coefficient (Wildman–Crippen LogP) is 4.38. The molecule has 0 saturated heterocycles. The number of anilines is 1. The first kappa shape index (κ1) is 18.3. The van der Waals surface area contributed by atoms with E-state index in [-0.39, 0.29) is 5.91 Å². The first-order valence-electron chi connectivity index (χ1n) is 8.34. The van der Waals surface area contributed by atoms with Gasteiger partial charge in [0, 0.05) is 17.6 Å². The summed E-state index contributed by atoms with van der Waals surface area (Å²) >= 11 is 3.33. The van der Waals surface area contributed by atoms with Crippen molar-refractivity contribution in [2.45, 2.75) is 45.1 Å². The highest BCUT2D eigenvalue weighted by molar-refractivity contribution is 9.09. The van der Waals surface area contributed by atoms with Gasteiger partial charge in [-0.3, -0.25) is 4.79 Å². The van der Waals surface area contributed by atoms with E-state index in [1.54, 1.807) is 0 Å². The van der Waals surface area contributed by atoms with Crippen LogP contribution in [0.15, 0.2) is 24.3 Å². The van der Waals surface area contributed by atoms with E-state index in [1.165, 1.54) is 6.42 Å². The van der Waals surface area contributed by atoms with Crippen LogP contribution in [0.4, 0.5) is 5.69 Å². The zero-order valence-electron chi connectivity index (χ0n) is 13.9. The van der Waals surface area contributed by atoms with Gasteiger partial charge in [-0.05, 0) is 56.4 Å². The number of halogens is 1. The second-order valence-electron chi connectivity index (χ2n) is 6.14. The van der Waals surface area contributed by atoms with Crippen LogP contribution in [0.3, 0.4) is 0 Å². The molecule has 2 rings (SSSR count). The molecule has 1 fully saturated rings. The summed E-state index contributed by atoms with van der Waals surface area (Å²) in [6.07, 6.45) is 3.79. The van der Waals surface area contributed by atoms with Crippen LogP contribution in [0.1, 0.15) is 39.5 Å². The van der Waals surface area contributed by atoms with Gasteiger partial charge >= 0.3 is 0 Å². The smallest absolute Gasteiger partial charge is 0.256 e. The number of alkyl halides is 1. The van der Waals surface area contributed by atoms with Gasteiger partial charge < -0.3 is 14.8 Å². The standard InChI is InChI=1S/C18H26BrNO3/c1-3-23-18(10-4-5-14(2)13-18)17(21)20-15-6-8-16(9-7-15)22-12-11-19/h6-9,14H,3-5,10-13H2,1-2H3,(H,20,21)/t14-,18+/m0/s1. The number of hydrogen-bond acceptors (Lipinski definition) is 3. The maximum atomic E-state index is 12.8. The number of hydrogen-bond donors (Lipinski definition) is 1. The Bertz CT molecular complexity index is 501. The Morgan fingerprint density at radius 3 is 2.74 bits per heavy atom. The summed E-state index contributed by atoms with van der Waals surface area (Å²) in [5.74, 6) is 1.29. The van der Waals surface area contributed by atoms with Crippen LogP contribution in [0.25, 0.3) is 0 Å². The molecule has 1 amide bonds. The fourth-order valence-electron chi connectivity index (χ4n) is 3.22. The number of ether oxygens (including phenoxy) is 2. The van der Waals surface area contributed by atoms with E-state index in [2.05, 4.69) is 28.2 Å². The topological polar surface area (TPSA) is 47.6 Å². The molecule has 0 unspecified atom stereocenters. The van der Waals surface area contributed by atoms with E-state index < -0.39 is 5.60 Å². The normalized spacial score (nSPS) is 24.2. The molecule has 1 aliphatic rings. The minimum Gasteiger partial charge on any atom is -0.493 e. The Hall–Kier alpha value is -1.07. The molecule has 1 aromatic rings. The summed E-state index contributed by atoms with van der Waals surface area (Å²) in [6, 6.07) is 7.48. The molecule has 0 aliphatic heterocycles. The van der Waals surface area contributed by atoms with Crippen molar-refractivity contribution in [1.82, 2.24) is 0 Å². The lowest BCUT2D eigenvalue weighted by atomic mass is 9.78. The number of amides is 1. The molecule has 0 aromatic heterocycles. The third kappa shape index (κ3) is 4.95. The monoisotopic (exact) mass is 383 g/mol. The number of nitrogens with one attached hydrogen (secondary N) is 1. The van der Waals surface area contributed by atoms with Gasteiger partial charge in [-0.2, -0.15) is 0 Å². The van der Waals surface area contributed by atoms with Crippen molar-refractivity contribution in [3.05, 3.63) is 24.3 Å². The Kier molecular flexibility index (Phi) is 6.90. The quantitative estimate of drug-likeness (QED) is 0.710. The van der Waals surface area contributed by atoms with E-state index in [1.807, 2.05) is 31.2 Å². The third-order valence-electron chi connectivity index (χ3n) is 4.25. The van der Waals surface area contributed by atoms with E-state index >= 15 is 0 Å². The SMILES string of the molecule is CCO[C@]1(C(=O)Nc2ccc(OCCBr)cc2)CCC[C@H](C)C1. The number of carbonyl (C=O) groups is 1. The van der Waals surface area contributed by atoms with E-state index in [0.717, 1.165) is 36.0 Å². The molecule has 0 bridgehead atoms. The third-order valence-corrected chi connectivity index (χ3v) is 4.57. The van der Waals surface area contributed by atoms with E-state index in [9.17, 15) is 4.79 Å². The van der Waals surface area contributed by atoms with E-state index in [0.29, 0.717) is 19.1 Å². The van der Waals surface area contributed by atoms with Crippen molar-refractivity contribution < 1.29 is 14.3 Å². The Balaban J connectivity index is 2.03. The fraction of sp³-hybridized carbons (Fsp3) is 0.611. The predicted molar refractivity (Wildman–Crippen MR) is 96.3 cm³/mol. The van der Waals surface area contributed by atoms with Crippen LogP contribution >= 0.6 is 15.9 Å². The van der Waals surface area contributed by atoms with Gasteiger partial charge in [-0.15, -0.1) is 0 Å². The first-order valence-corrected chi connectivity index (χ1v) is 9.46. The van der Waals surface area contributed by atoms with Crippen molar-refractivity contribution in [3.63, 3.8) is 0 Å². The number of benzene rings is 1. The zero-order chi connectivity index (χ0) is 16.7. The molecular weight excluding hydrogens is 358 g/mol. The molecule has 0 spiro atoms. The number of rotatable bonds is 7. The van der Waals surface area contributed by atoms with Gasteiger partial charge in [0.05, 0.1) is 6.61 Å². The van der Waals surface area contributed by atoms with Gasteiger partial charge in [-0.1, -0.05) is 29.3 Å². The Morgan fingerprint density at radius 2 is 2.13 bits per heavy atom. The van der Waals surface area contributed by atoms with Crippen LogP contribution in [0.2, 0.25) is 0 Å². The lowest BCUT2D eigenvalue weighted by molar-refractivity contribution is -0.147. The van der Waals surface area contributed by atoms with Crippen molar-refractivity contribution >= 4 is 27.5 Å². The second kappa shape index (κ2) is 8.69. The molecule has 23 heavy (non-hydrogen) atoms. The van der Waals surface area contributed by atoms with Crippen LogP contribution in [-0.4, -0.2) is 30.1 Å². The molecule has 1 aromatic carbocycles. The van der Waals surface area contributed by atoms with Gasteiger partial charge in [-0.25, -0.2) is 0 Å².